The molecular formula is C27H35ClN6O4. The minimum absolute atomic E-state index is 0.0204. The first-order chi connectivity index (χ1) is 18.0. The van der Waals surface area contributed by atoms with Crippen molar-refractivity contribution in [3.63, 3.8) is 0 Å². The summed E-state index contributed by atoms with van der Waals surface area (Å²) in [4.78, 5) is 32.4. The number of alkyl carbamates (subject to hydrolysis) is 1. The first-order valence-electron chi connectivity index (χ1n) is 13.2. The molecule has 0 aliphatic heterocycles. The number of nitrogens with one attached hydrogen (secondary N) is 3. The molecule has 4 fully saturated rings. The van der Waals surface area contributed by atoms with E-state index in [4.69, 9.17) is 16.3 Å². The van der Waals surface area contributed by atoms with Crippen molar-refractivity contribution < 1.29 is 14.5 Å². The van der Waals surface area contributed by atoms with Crippen LogP contribution < -0.4 is 16.0 Å². The third-order valence-corrected chi connectivity index (χ3v) is 8.44. The Morgan fingerprint density at radius 3 is 2.55 bits per heavy atom. The molecule has 38 heavy (non-hydrogen) atoms. The molecule has 4 aliphatic carbocycles. The maximum atomic E-state index is 12.5. The normalized spacial score (nSPS) is 27.6. The second kappa shape index (κ2) is 10.2. The Bertz CT molecular complexity index is 1200. The number of nitro groups is 1. The van der Waals surface area contributed by atoms with Crippen molar-refractivity contribution in [2.24, 2.45) is 23.2 Å². The fraction of sp³-hybridized carbons (Fsp3) is 0.593. The number of hydrogen-bond donors (Lipinski definition) is 3. The SMILES string of the molecule is CC(C)(C)OC(=O)NC1[C@@H]2CC3C[C@H]1CC(CNc1nc(NCc4ccccc4Cl)ncc1[N+](=O)[O-])(C3)C2. The second-order valence-corrected chi connectivity index (χ2v) is 12.5. The quantitative estimate of drug-likeness (QED) is 0.282. The number of anilines is 2. The number of amides is 1. The minimum Gasteiger partial charge on any atom is -0.444 e. The van der Waals surface area contributed by atoms with Gasteiger partial charge in [0.15, 0.2) is 0 Å². The maximum Gasteiger partial charge on any atom is 0.407 e. The number of rotatable bonds is 8. The average molecular weight is 543 g/mol. The van der Waals surface area contributed by atoms with Crippen LogP contribution in [0.2, 0.25) is 5.02 Å². The lowest BCUT2D eigenvalue weighted by Crippen LogP contribution is -2.60. The van der Waals surface area contributed by atoms with Crippen molar-refractivity contribution in [2.75, 3.05) is 17.2 Å². The van der Waals surface area contributed by atoms with Gasteiger partial charge in [-0.2, -0.15) is 4.98 Å². The number of hydrogen-bond acceptors (Lipinski definition) is 8. The first-order valence-corrected chi connectivity index (χ1v) is 13.6. The monoisotopic (exact) mass is 542 g/mol. The molecule has 1 aromatic carbocycles. The van der Waals surface area contributed by atoms with Crippen LogP contribution in [0.15, 0.2) is 30.5 Å². The van der Waals surface area contributed by atoms with E-state index < -0.39 is 10.5 Å². The van der Waals surface area contributed by atoms with Crippen molar-refractivity contribution in [1.82, 2.24) is 15.3 Å². The minimum atomic E-state index is -0.533. The summed E-state index contributed by atoms with van der Waals surface area (Å²) in [6.07, 6.45) is 6.10. The number of benzene rings is 1. The van der Waals surface area contributed by atoms with Gasteiger partial charge < -0.3 is 20.7 Å². The van der Waals surface area contributed by atoms with Gasteiger partial charge in [0.25, 0.3) is 0 Å². The van der Waals surface area contributed by atoms with Crippen molar-refractivity contribution >= 4 is 35.1 Å². The third kappa shape index (κ3) is 5.80. The van der Waals surface area contributed by atoms with E-state index in [2.05, 4.69) is 25.9 Å². The van der Waals surface area contributed by atoms with Crippen LogP contribution in [0, 0.1) is 33.3 Å². The highest BCUT2D eigenvalue weighted by atomic mass is 35.5. The molecule has 2 aromatic rings. The zero-order valence-corrected chi connectivity index (χ0v) is 22.8. The van der Waals surface area contributed by atoms with Crippen LogP contribution in [-0.4, -0.2) is 39.2 Å². The smallest absolute Gasteiger partial charge is 0.407 e. The highest BCUT2D eigenvalue weighted by Gasteiger charge is 2.55. The third-order valence-electron chi connectivity index (χ3n) is 8.08. The molecule has 5 atom stereocenters. The fourth-order valence-corrected chi connectivity index (χ4v) is 7.10. The Hall–Kier alpha value is -3.14. The van der Waals surface area contributed by atoms with E-state index in [9.17, 15) is 14.9 Å². The molecule has 4 aliphatic rings. The van der Waals surface area contributed by atoms with E-state index in [1.807, 2.05) is 39.0 Å². The second-order valence-electron chi connectivity index (χ2n) is 12.1. The molecule has 4 bridgehead atoms. The summed E-state index contributed by atoms with van der Waals surface area (Å²) in [7, 11) is 0. The van der Waals surface area contributed by atoms with Crippen LogP contribution in [0.3, 0.4) is 0 Å². The van der Waals surface area contributed by atoms with Gasteiger partial charge in [-0.25, -0.2) is 9.78 Å². The number of halogens is 1. The molecule has 1 aromatic heterocycles. The number of ether oxygens (including phenoxy) is 1. The lowest BCUT2D eigenvalue weighted by Gasteiger charge is -2.60. The summed E-state index contributed by atoms with van der Waals surface area (Å²) in [6, 6.07) is 7.57. The van der Waals surface area contributed by atoms with Crippen LogP contribution in [-0.2, 0) is 11.3 Å². The van der Waals surface area contributed by atoms with Crippen LogP contribution in [0.1, 0.15) is 58.4 Å². The van der Waals surface area contributed by atoms with Gasteiger partial charge in [0.2, 0.25) is 11.8 Å². The summed E-state index contributed by atoms with van der Waals surface area (Å²) in [6.45, 7) is 6.60. The summed E-state index contributed by atoms with van der Waals surface area (Å²) in [5.41, 5.74) is 0.220. The number of aromatic nitrogens is 2. The number of carbonyl (C=O) groups excluding carboxylic acids is 1. The van der Waals surface area contributed by atoms with Gasteiger partial charge in [-0.3, -0.25) is 10.1 Å². The zero-order valence-electron chi connectivity index (χ0n) is 22.0. The van der Waals surface area contributed by atoms with Crippen LogP contribution in [0.5, 0.6) is 0 Å². The maximum absolute atomic E-state index is 12.5. The van der Waals surface area contributed by atoms with Crippen LogP contribution in [0.25, 0.3) is 0 Å². The zero-order chi connectivity index (χ0) is 27.1. The van der Waals surface area contributed by atoms with Crippen molar-refractivity contribution in [1.29, 1.82) is 0 Å². The molecule has 1 heterocycles. The van der Waals surface area contributed by atoms with Gasteiger partial charge in [0.1, 0.15) is 11.8 Å². The summed E-state index contributed by atoms with van der Waals surface area (Å²) >= 11 is 6.24. The van der Waals surface area contributed by atoms with E-state index in [1.54, 1.807) is 6.07 Å². The molecule has 6 rings (SSSR count). The first kappa shape index (κ1) is 26.5. The van der Waals surface area contributed by atoms with Crippen LogP contribution in [0.4, 0.5) is 22.2 Å². The Kier molecular flexibility index (Phi) is 7.11. The van der Waals surface area contributed by atoms with E-state index in [1.165, 1.54) is 6.20 Å². The lowest BCUT2D eigenvalue weighted by molar-refractivity contribution is -0.384. The van der Waals surface area contributed by atoms with Crippen LogP contribution >= 0.6 is 11.6 Å². The van der Waals surface area contributed by atoms with E-state index >= 15 is 0 Å². The van der Waals surface area contributed by atoms with Gasteiger partial charge in [-0.1, -0.05) is 29.8 Å². The molecule has 3 unspecified atom stereocenters. The number of carbonyl (C=O) groups is 1. The van der Waals surface area contributed by atoms with Crippen molar-refractivity contribution in [2.45, 2.75) is 71.1 Å². The molecule has 0 radical (unpaired) electrons. The molecule has 10 nitrogen and oxygen atoms in total. The Balaban J connectivity index is 1.26. The molecule has 204 valence electrons. The highest BCUT2D eigenvalue weighted by molar-refractivity contribution is 6.31. The molecule has 0 spiro atoms. The Labute approximate surface area is 227 Å². The van der Waals surface area contributed by atoms with Crippen molar-refractivity contribution in [3.05, 3.63) is 51.2 Å². The summed E-state index contributed by atoms with van der Waals surface area (Å²) < 4.78 is 5.52. The lowest BCUT2D eigenvalue weighted by atomic mass is 9.48. The van der Waals surface area contributed by atoms with Gasteiger partial charge >= 0.3 is 11.8 Å². The Morgan fingerprint density at radius 2 is 1.89 bits per heavy atom. The van der Waals surface area contributed by atoms with Gasteiger partial charge in [-0.15, -0.1) is 0 Å². The van der Waals surface area contributed by atoms with E-state index in [0.29, 0.717) is 41.8 Å². The molecular weight excluding hydrogens is 508 g/mol. The predicted octanol–water partition coefficient (Wildman–Crippen LogP) is 5.78. The number of nitrogens with zero attached hydrogens (tertiary/aromatic N) is 3. The molecule has 11 heteroatoms. The Morgan fingerprint density at radius 1 is 1.18 bits per heavy atom. The molecule has 0 saturated heterocycles. The van der Waals surface area contributed by atoms with E-state index in [-0.39, 0.29) is 29.1 Å². The molecule has 1 amide bonds. The highest BCUT2D eigenvalue weighted by Crippen LogP contribution is 2.60. The standard InChI is InChI=1S/C27H35ClN6O4/c1-26(2,3)38-25(35)32-22-18-8-16-9-19(22)12-27(10-16,11-18)15-31-23-21(34(36)37)14-30-24(33-23)29-13-17-6-4-5-7-20(17)28/h4-7,14,16,18-19,22H,8-13,15H2,1-3H3,(H,32,35)(H2,29,30,31,33)/t16?,18-,19+,22?,27?. The average Bonchev–Trinajstić information content (AvgIpc) is 2.83. The van der Waals surface area contributed by atoms with Gasteiger partial charge in [-0.05, 0) is 87.7 Å². The van der Waals surface area contributed by atoms with Gasteiger partial charge in [0, 0.05) is 24.2 Å². The fourth-order valence-electron chi connectivity index (χ4n) is 6.90. The van der Waals surface area contributed by atoms with Gasteiger partial charge in [0.05, 0.1) is 4.92 Å². The van der Waals surface area contributed by atoms with Crippen molar-refractivity contribution in [3.8, 4) is 0 Å². The molecule has 3 N–H and O–H groups in total. The summed E-state index contributed by atoms with van der Waals surface area (Å²) in [5.74, 6) is 1.88. The van der Waals surface area contributed by atoms with E-state index in [0.717, 1.165) is 37.7 Å². The largest absolute Gasteiger partial charge is 0.444 e. The summed E-state index contributed by atoms with van der Waals surface area (Å²) in [5, 5.41) is 21.9. The molecule has 4 saturated carbocycles. The predicted molar refractivity (Wildman–Crippen MR) is 145 cm³/mol. The topological polar surface area (TPSA) is 131 Å².